The Bertz CT molecular complexity index is 410. The number of nitrogens with zero attached hydrogens (tertiary/aromatic N) is 5. The minimum absolute atomic E-state index is 0.285. The zero-order valence-corrected chi connectivity index (χ0v) is 12.1. The lowest BCUT2D eigenvalue weighted by atomic mass is 10.8. The second kappa shape index (κ2) is 5.97. The standard InChI is InChI=1S/C9H15N5OS2/c1-13(2)6-10-7(15-5)12-8(11-6)17-9(16)14(3)4/h1-5H3. The second-order valence-electron chi connectivity index (χ2n) is 3.56. The quantitative estimate of drug-likeness (QED) is 0.594. The smallest absolute Gasteiger partial charge is 0.321 e. The lowest BCUT2D eigenvalue weighted by Crippen LogP contribution is -2.18. The van der Waals surface area contributed by atoms with Crippen LogP contribution in [0.4, 0.5) is 5.95 Å². The molecule has 0 aromatic carbocycles. The highest BCUT2D eigenvalue weighted by Gasteiger charge is 2.11. The van der Waals surface area contributed by atoms with Gasteiger partial charge in [0, 0.05) is 28.2 Å². The van der Waals surface area contributed by atoms with Crippen molar-refractivity contribution in [2.45, 2.75) is 5.16 Å². The molecule has 17 heavy (non-hydrogen) atoms. The Morgan fingerprint density at radius 2 is 1.82 bits per heavy atom. The first kappa shape index (κ1) is 13.9. The van der Waals surface area contributed by atoms with E-state index in [0.717, 1.165) is 0 Å². The molecular weight excluding hydrogens is 258 g/mol. The molecule has 0 fully saturated rings. The van der Waals surface area contributed by atoms with Gasteiger partial charge in [-0.2, -0.15) is 15.0 Å². The highest BCUT2D eigenvalue weighted by Crippen LogP contribution is 2.20. The summed E-state index contributed by atoms with van der Waals surface area (Å²) in [6.45, 7) is 0. The van der Waals surface area contributed by atoms with Crippen molar-refractivity contribution in [2.24, 2.45) is 0 Å². The first-order chi connectivity index (χ1) is 7.93. The normalized spacial score (nSPS) is 9.94. The Morgan fingerprint density at radius 3 is 2.29 bits per heavy atom. The Balaban J connectivity index is 2.99. The van der Waals surface area contributed by atoms with Crippen LogP contribution in [0.2, 0.25) is 0 Å². The van der Waals surface area contributed by atoms with Crippen molar-refractivity contribution < 1.29 is 4.74 Å². The minimum atomic E-state index is 0.285. The van der Waals surface area contributed by atoms with E-state index in [2.05, 4.69) is 15.0 Å². The van der Waals surface area contributed by atoms with E-state index in [1.54, 1.807) is 4.90 Å². The summed E-state index contributed by atoms with van der Waals surface area (Å²) in [5.41, 5.74) is 0. The van der Waals surface area contributed by atoms with Crippen LogP contribution in [0.15, 0.2) is 5.16 Å². The molecule has 6 nitrogen and oxygen atoms in total. The average molecular weight is 273 g/mol. The molecule has 0 N–H and O–H groups in total. The third-order valence-corrected chi connectivity index (χ3v) is 3.23. The van der Waals surface area contributed by atoms with E-state index < -0.39 is 0 Å². The molecular formula is C9H15N5OS2. The fraction of sp³-hybridized carbons (Fsp3) is 0.556. The third kappa shape index (κ3) is 3.97. The summed E-state index contributed by atoms with van der Waals surface area (Å²) >= 11 is 6.48. The predicted octanol–water partition coefficient (Wildman–Crippen LogP) is 0.885. The van der Waals surface area contributed by atoms with Crippen molar-refractivity contribution in [3.63, 3.8) is 0 Å². The van der Waals surface area contributed by atoms with Crippen molar-refractivity contribution in [2.75, 3.05) is 40.2 Å². The lowest BCUT2D eigenvalue weighted by Gasteiger charge is -2.14. The maximum atomic E-state index is 5.18. The number of thioether (sulfide) groups is 1. The van der Waals surface area contributed by atoms with Crippen molar-refractivity contribution in [3.8, 4) is 6.01 Å². The zero-order valence-electron chi connectivity index (χ0n) is 10.5. The topological polar surface area (TPSA) is 54.4 Å². The molecule has 0 amide bonds. The van der Waals surface area contributed by atoms with Crippen LogP contribution in [0.1, 0.15) is 0 Å². The predicted molar refractivity (Wildman–Crippen MR) is 72.8 cm³/mol. The molecule has 0 radical (unpaired) electrons. The largest absolute Gasteiger partial charge is 0.467 e. The molecule has 1 aromatic heterocycles. The van der Waals surface area contributed by atoms with Crippen LogP contribution in [0, 0.1) is 0 Å². The van der Waals surface area contributed by atoms with Gasteiger partial charge in [0.05, 0.1) is 7.11 Å². The first-order valence-corrected chi connectivity index (χ1v) is 6.03. The van der Waals surface area contributed by atoms with E-state index in [4.69, 9.17) is 17.0 Å². The van der Waals surface area contributed by atoms with Gasteiger partial charge in [-0.15, -0.1) is 0 Å². The van der Waals surface area contributed by atoms with E-state index in [-0.39, 0.29) is 6.01 Å². The van der Waals surface area contributed by atoms with Gasteiger partial charge >= 0.3 is 6.01 Å². The van der Waals surface area contributed by atoms with Gasteiger partial charge < -0.3 is 14.5 Å². The molecule has 0 atom stereocenters. The highest BCUT2D eigenvalue weighted by atomic mass is 32.2. The highest BCUT2D eigenvalue weighted by molar-refractivity contribution is 8.22. The van der Waals surface area contributed by atoms with E-state index in [1.807, 2.05) is 33.1 Å². The molecule has 0 aliphatic rings. The van der Waals surface area contributed by atoms with Crippen molar-refractivity contribution >= 4 is 34.2 Å². The summed E-state index contributed by atoms with van der Waals surface area (Å²) in [5.74, 6) is 0.543. The minimum Gasteiger partial charge on any atom is -0.467 e. The monoisotopic (exact) mass is 273 g/mol. The Kier molecular flexibility index (Phi) is 4.88. The van der Waals surface area contributed by atoms with Gasteiger partial charge in [0.15, 0.2) is 0 Å². The molecule has 0 aliphatic carbocycles. The third-order valence-electron chi connectivity index (χ3n) is 1.71. The van der Waals surface area contributed by atoms with Gasteiger partial charge in [-0.1, -0.05) is 12.2 Å². The van der Waals surface area contributed by atoms with Crippen LogP contribution < -0.4 is 9.64 Å². The van der Waals surface area contributed by atoms with E-state index >= 15 is 0 Å². The van der Waals surface area contributed by atoms with Crippen LogP contribution >= 0.6 is 24.0 Å². The fourth-order valence-corrected chi connectivity index (χ4v) is 1.65. The number of anilines is 1. The summed E-state index contributed by atoms with van der Waals surface area (Å²) < 4.78 is 5.71. The second-order valence-corrected chi connectivity index (χ2v) is 5.16. The molecule has 0 saturated carbocycles. The molecule has 94 valence electrons. The molecule has 0 spiro atoms. The Morgan fingerprint density at radius 1 is 1.18 bits per heavy atom. The number of hydrogen-bond acceptors (Lipinski definition) is 7. The van der Waals surface area contributed by atoms with Gasteiger partial charge in [-0.05, 0) is 11.8 Å². The van der Waals surface area contributed by atoms with E-state index in [9.17, 15) is 0 Å². The number of rotatable bonds is 3. The number of thiocarbonyl (C=S) groups is 1. The summed E-state index contributed by atoms with van der Waals surface area (Å²) in [4.78, 5) is 16.1. The van der Waals surface area contributed by atoms with Gasteiger partial charge in [-0.3, -0.25) is 0 Å². The number of methoxy groups -OCH3 is 1. The average Bonchev–Trinajstić information content (AvgIpc) is 2.28. The molecule has 0 bridgehead atoms. The molecule has 1 aromatic rings. The van der Waals surface area contributed by atoms with Crippen LogP contribution in [0.25, 0.3) is 0 Å². The van der Waals surface area contributed by atoms with Crippen LogP contribution in [0.5, 0.6) is 6.01 Å². The van der Waals surface area contributed by atoms with Gasteiger partial charge in [0.1, 0.15) is 4.32 Å². The summed E-state index contributed by atoms with van der Waals surface area (Å²) in [6, 6.07) is 0.285. The van der Waals surface area contributed by atoms with Crippen molar-refractivity contribution in [1.82, 2.24) is 19.9 Å². The number of hydrogen-bond donors (Lipinski definition) is 0. The van der Waals surface area contributed by atoms with E-state index in [1.165, 1.54) is 18.9 Å². The lowest BCUT2D eigenvalue weighted by molar-refractivity contribution is 0.373. The molecule has 1 heterocycles. The Hall–Kier alpha value is -1.15. The summed E-state index contributed by atoms with van der Waals surface area (Å²) in [5, 5.41) is 0.527. The maximum absolute atomic E-state index is 5.18. The number of aromatic nitrogens is 3. The SMILES string of the molecule is COc1nc(SC(=S)N(C)C)nc(N(C)C)n1. The molecule has 8 heteroatoms. The first-order valence-electron chi connectivity index (χ1n) is 4.80. The zero-order chi connectivity index (χ0) is 13.0. The molecule has 1 rings (SSSR count). The number of ether oxygens (including phenoxy) is 1. The molecule has 0 aliphatic heterocycles. The van der Waals surface area contributed by atoms with Crippen LogP contribution in [-0.2, 0) is 0 Å². The van der Waals surface area contributed by atoms with Gasteiger partial charge in [0.25, 0.3) is 0 Å². The molecule has 0 unspecified atom stereocenters. The van der Waals surface area contributed by atoms with Gasteiger partial charge in [0.2, 0.25) is 11.1 Å². The van der Waals surface area contributed by atoms with Crippen molar-refractivity contribution in [1.29, 1.82) is 0 Å². The van der Waals surface area contributed by atoms with E-state index in [0.29, 0.717) is 15.4 Å². The van der Waals surface area contributed by atoms with Crippen LogP contribution in [0.3, 0.4) is 0 Å². The summed E-state index contributed by atoms with van der Waals surface area (Å²) in [6.07, 6.45) is 0. The van der Waals surface area contributed by atoms with Gasteiger partial charge in [-0.25, -0.2) is 0 Å². The maximum Gasteiger partial charge on any atom is 0.321 e. The summed E-state index contributed by atoms with van der Waals surface area (Å²) in [7, 11) is 8.98. The fourth-order valence-electron chi connectivity index (χ4n) is 0.834. The Labute approximate surface area is 110 Å². The van der Waals surface area contributed by atoms with Crippen molar-refractivity contribution in [3.05, 3.63) is 0 Å². The van der Waals surface area contributed by atoms with Crippen LogP contribution in [-0.4, -0.2) is 59.5 Å². The molecule has 0 saturated heterocycles.